The predicted octanol–water partition coefficient (Wildman–Crippen LogP) is 4.71. The number of carboxylic acid groups (broad SMARTS) is 1. The normalized spacial score (nSPS) is 11.9. The molecule has 1 unspecified atom stereocenters. The first-order valence-corrected chi connectivity index (χ1v) is 9.71. The second-order valence-electron chi connectivity index (χ2n) is 7.10. The molecule has 1 heterocycles. The van der Waals surface area contributed by atoms with Crippen LogP contribution in [0.4, 0.5) is 14.6 Å². The molecule has 2 aromatic carbocycles. The lowest BCUT2D eigenvalue weighted by Crippen LogP contribution is -2.28. The highest BCUT2D eigenvalue weighted by Crippen LogP contribution is 2.25. The summed E-state index contributed by atoms with van der Waals surface area (Å²) in [6, 6.07) is 15.1. The van der Waals surface area contributed by atoms with Gasteiger partial charge in [-0.15, -0.1) is 0 Å². The summed E-state index contributed by atoms with van der Waals surface area (Å²) in [5.41, 5.74) is 0.860. The van der Waals surface area contributed by atoms with E-state index in [4.69, 9.17) is 9.84 Å². The van der Waals surface area contributed by atoms with Crippen molar-refractivity contribution in [3.63, 3.8) is 0 Å². The van der Waals surface area contributed by atoms with Gasteiger partial charge in [0, 0.05) is 6.54 Å². The highest BCUT2D eigenvalue weighted by atomic mass is 19.1. The average molecular weight is 427 g/mol. The summed E-state index contributed by atoms with van der Waals surface area (Å²) < 4.78 is 32.0. The lowest BCUT2D eigenvalue weighted by atomic mass is 10.0. The molecule has 8 heteroatoms. The van der Waals surface area contributed by atoms with Crippen LogP contribution in [0.2, 0.25) is 0 Å². The van der Waals surface area contributed by atoms with Gasteiger partial charge in [0.2, 0.25) is 0 Å². The van der Waals surface area contributed by atoms with Crippen molar-refractivity contribution in [2.45, 2.75) is 12.5 Å². The van der Waals surface area contributed by atoms with Crippen molar-refractivity contribution in [3.8, 4) is 11.5 Å². The molecule has 0 saturated heterocycles. The van der Waals surface area contributed by atoms with Gasteiger partial charge < -0.3 is 15.2 Å². The van der Waals surface area contributed by atoms with Crippen LogP contribution >= 0.6 is 0 Å². The van der Waals surface area contributed by atoms with Crippen molar-refractivity contribution in [1.29, 1.82) is 0 Å². The van der Waals surface area contributed by atoms with E-state index in [-0.39, 0.29) is 24.2 Å². The number of rotatable bonds is 10. The van der Waals surface area contributed by atoms with Crippen LogP contribution in [0.15, 0.2) is 66.9 Å². The smallest absolute Gasteiger partial charge is 0.317 e. The zero-order chi connectivity index (χ0) is 22.2. The van der Waals surface area contributed by atoms with Crippen molar-refractivity contribution in [3.05, 3.63) is 84.1 Å². The topological polar surface area (TPSA) is 74.7 Å². The van der Waals surface area contributed by atoms with Crippen LogP contribution in [0.5, 0.6) is 11.5 Å². The molecule has 0 radical (unpaired) electrons. The molecule has 2 N–H and O–H groups in total. The van der Waals surface area contributed by atoms with Gasteiger partial charge in [-0.3, -0.25) is 9.69 Å². The monoisotopic (exact) mass is 427 g/mol. The molecule has 0 aliphatic rings. The molecule has 0 bridgehead atoms. The molecule has 3 aromatic rings. The van der Waals surface area contributed by atoms with Crippen molar-refractivity contribution in [2.75, 3.05) is 25.5 Å². The maximum Gasteiger partial charge on any atom is 0.317 e. The van der Waals surface area contributed by atoms with Gasteiger partial charge in [-0.05, 0) is 67.6 Å². The minimum absolute atomic E-state index is 0.0657. The van der Waals surface area contributed by atoms with Crippen LogP contribution in [0.25, 0.3) is 0 Å². The van der Waals surface area contributed by atoms with E-state index in [1.807, 2.05) is 0 Å². The van der Waals surface area contributed by atoms with Crippen molar-refractivity contribution < 1.29 is 23.4 Å². The first-order chi connectivity index (χ1) is 14.9. The number of hydrogen-bond acceptors (Lipinski definition) is 5. The number of halogens is 2. The molecule has 0 aliphatic heterocycles. The number of benzene rings is 2. The zero-order valence-electron chi connectivity index (χ0n) is 17.0. The zero-order valence-corrected chi connectivity index (χ0v) is 17.0. The van der Waals surface area contributed by atoms with Crippen LogP contribution in [0, 0.1) is 11.6 Å². The lowest BCUT2D eigenvalue weighted by molar-refractivity contribution is -0.138. The number of aliphatic carboxylic acids is 1. The van der Waals surface area contributed by atoms with E-state index in [9.17, 15) is 13.6 Å². The van der Waals surface area contributed by atoms with Crippen molar-refractivity contribution in [1.82, 2.24) is 9.88 Å². The molecule has 6 nitrogen and oxygen atoms in total. The van der Waals surface area contributed by atoms with E-state index in [0.717, 1.165) is 5.56 Å². The third kappa shape index (κ3) is 7.04. The van der Waals surface area contributed by atoms with Crippen LogP contribution < -0.4 is 10.1 Å². The SMILES string of the molecule is CN(CCC(Nc1ccc(Oc2ccc(F)cc2)cn1)c1ccc(F)cc1)CC(=O)O. The molecular formula is C23H23F2N3O3. The summed E-state index contributed by atoms with van der Waals surface area (Å²) in [7, 11) is 1.73. The number of ether oxygens (including phenoxy) is 1. The first kappa shape index (κ1) is 22.2. The minimum atomic E-state index is -0.896. The third-order valence-electron chi connectivity index (χ3n) is 4.58. The number of carboxylic acids is 1. The number of nitrogens with one attached hydrogen (secondary N) is 1. The molecule has 1 aromatic heterocycles. The Morgan fingerprint density at radius 2 is 1.65 bits per heavy atom. The maximum atomic E-state index is 13.3. The molecule has 0 saturated carbocycles. The Labute approximate surface area is 179 Å². The van der Waals surface area contributed by atoms with Crippen LogP contribution in [0.1, 0.15) is 18.0 Å². The maximum absolute atomic E-state index is 13.3. The summed E-state index contributed by atoms with van der Waals surface area (Å²) in [6.07, 6.45) is 2.13. The van der Waals surface area contributed by atoms with E-state index in [0.29, 0.717) is 30.3 Å². The van der Waals surface area contributed by atoms with E-state index in [2.05, 4.69) is 10.3 Å². The number of nitrogens with zero attached hydrogens (tertiary/aromatic N) is 2. The largest absolute Gasteiger partial charge is 0.480 e. The highest BCUT2D eigenvalue weighted by molar-refractivity contribution is 5.69. The van der Waals surface area contributed by atoms with Crippen LogP contribution in [0.3, 0.4) is 0 Å². The predicted molar refractivity (Wildman–Crippen MR) is 113 cm³/mol. The Kier molecular flexibility index (Phi) is 7.50. The van der Waals surface area contributed by atoms with Crippen molar-refractivity contribution in [2.24, 2.45) is 0 Å². The summed E-state index contributed by atoms with van der Waals surface area (Å²) in [5, 5.41) is 12.2. The fraction of sp³-hybridized carbons (Fsp3) is 0.217. The molecule has 3 rings (SSSR count). The quantitative estimate of drug-likeness (QED) is 0.488. The number of aromatic nitrogens is 1. The number of anilines is 1. The Bertz CT molecular complexity index is 980. The summed E-state index contributed by atoms with van der Waals surface area (Å²) in [5.74, 6) is 0.0110. The Balaban J connectivity index is 1.68. The van der Waals surface area contributed by atoms with Gasteiger partial charge in [-0.1, -0.05) is 12.1 Å². The summed E-state index contributed by atoms with van der Waals surface area (Å²) >= 11 is 0. The molecule has 1 atom stereocenters. The minimum Gasteiger partial charge on any atom is -0.480 e. The standard InChI is InChI=1S/C23H23F2N3O3/c1-28(15-23(29)30)13-12-21(16-2-4-17(24)5-3-16)27-22-11-10-20(14-26-22)31-19-8-6-18(25)7-9-19/h2-11,14,21H,12-13,15H2,1H3,(H,26,27)(H,29,30). The first-order valence-electron chi connectivity index (χ1n) is 9.71. The Morgan fingerprint density at radius 1 is 1.03 bits per heavy atom. The molecule has 0 aliphatic carbocycles. The fourth-order valence-electron chi connectivity index (χ4n) is 3.02. The van der Waals surface area contributed by atoms with Gasteiger partial charge in [-0.2, -0.15) is 0 Å². The van der Waals surface area contributed by atoms with E-state index in [1.54, 1.807) is 42.4 Å². The second kappa shape index (κ2) is 10.5. The third-order valence-corrected chi connectivity index (χ3v) is 4.58. The second-order valence-corrected chi connectivity index (χ2v) is 7.10. The molecule has 162 valence electrons. The fourth-order valence-corrected chi connectivity index (χ4v) is 3.02. The molecule has 0 spiro atoms. The van der Waals surface area contributed by atoms with E-state index >= 15 is 0 Å². The molecule has 0 amide bonds. The summed E-state index contributed by atoms with van der Waals surface area (Å²) in [4.78, 5) is 17.0. The highest BCUT2D eigenvalue weighted by Gasteiger charge is 2.15. The molecular weight excluding hydrogens is 404 g/mol. The average Bonchev–Trinajstić information content (AvgIpc) is 2.74. The van der Waals surface area contributed by atoms with Gasteiger partial charge in [-0.25, -0.2) is 13.8 Å². The van der Waals surface area contributed by atoms with Gasteiger partial charge in [0.25, 0.3) is 0 Å². The number of likely N-dealkylation sites (N-methyl/N-ethyl adjacent to an activating group) is 1. The van der Waals surface area contributed by atoms with Gasteiger partial charge in [0.15, 0.2) is 0 Å². The van der Waals surface area contributed by atoms with Gasteiger partial charge >= 0.3 is 5.97 Å². The van der Waals surface area contributed by atoms with Gasteiger partial charge in [0.1, 0.15) is 29.0 Å². The molecule has 31 heavy (non-hydrogen) atoms. The Morgan fingerprint density at radius 3 is 2.23 bits per heavy atom. The number of pyridine rings is 1. The van der Waals surface area contributed by atoms with E-state index < -0.39 is 5.97 Å². The number of carbonyl (C=O) groups is 1. The summed E-state index contributed by atoms with van der Waals surface area (Å²) in [6.45, 7) is 0.455. The van der Waals surface area contributed by atoms with E-state index in [1.165, 1.54) is 36.4 Å². The number of hydrogen-bond donors (Lipinski definition) is 2. The van der Waals surface area contributed by atoms with Crippen molar-refractivity contribution >= 4 is 11.8 Å². The lowest BCUT2D eigenvalue weighted by Gasteiger charge is -2.23. The van der Waals surface area contributed by atoms with Gasteiger partial charge in [0.05, 0.1) is 18.8 Å². The Hall–Kier alpha value is -3.52. The van der Waals surface area contributed by atoms with Crippen LogP contribution in [-0.4, -0.2) is 41.1 Å². The van der Waals surface area contributed by atoms with Crippen LogP contribution in [-0.2, 0) is 4.79 Å². The molecule has 0 fully saturated rings.